The lowest BCUT2D eigenvalue weighted by Crippen LogP contribution is -2.30. The van der Waals surface area contributed by atoms with E-state index < -0.39 is 5.82 Å². The molecule has 0 aromatic heterocycles. The van der Waals surface area contributed by atoms with Crippen molar-refractivity contribution in [3.8, 4) is 5.75 Å². The summed E-state index contributed by atoms with van der Waals surface area (Å²) >= 11 is 0. The van der Waals surface area contributed by atoms with Crippen molar-refractivity contribution in [2.24, 2.45) is 0 Å². The van der Waals surface area contributed by atoms with E-state index in [9.17, 15) is 9.18 Å². The van der Waals surface area contributed by atoms with Gasteiger partial charge in [-0.3, -0.25) is 9.69 Å². The van der Waals surface area contributed by atoms with Gasteiger partial charge in [-0.25, -0.2) is 4.39 Å². The first-order valence-corrected chi connectivity index (χ1v) is 7.35. The Labute approximate surface area is 135 Å². The van der Waals surface area contributed by atoms with Gasteiger partial charge in [-0.05, 0) is 49.4 Å². The van der Waals surface area contributed by atoms with Crippen LogP contribution in [0.5, 0.6) is 5.75 Å². The molecule has 1 amide bonds. The van der Waals surface area contributed by atoms with Crippen molar-refractivity contribution in [3.63, 3.8) is 0 Å². The van der Waals surface area contributed by atoms with E-state index in [0.29, 0.717) is 6.54 Å². The number of anilines is 1. The first kappa shape index (κ1) is 17.0. The largest absolute Gasteiger partial charge is 0.497 e. The molecule has 0 saturated heterocycles. The summed E-state index contributed by atoms with van der Waals surface area (Å²) in [5.41, 5.74) is 2.06. The number of nitrogens with zero attached hydrogens (tertiary/aromatic N) is 1. The van der Waals surface area contributed by atoms with E-state index in [1.54, 1.807) is 26.2 Å². The predicted octanol–water partition coefficient (Wildman–Crippen LogP) is 3.21. The Morgan fingerprint density at radius 1 is 1.26 bits per heavy atom. The van der Waals surface area contributed by atoms with Gasteiger partial charge in [-0.2, -0.15) is 0 Å². The maximum atomic E-state index is 13.7. The number of nitrogens with one attached hydrogen (secondary N) is 1. The summed E-state index contributed by atoms with van der Waals surface area (Å²) in [6.07, 6.45) is 0. The minimum atomic E-state index is -0.422. The molecule has 0 aliphatic carbocycles. The van der Waals surface area contributed by atoms with Crippen LogP contribution in [0.3, 0.4) is 0 Å². The predicted molar refractivity (Wildman–Crippen MR) is 89.1 cm³/mol. The van der Waals surface area contributed by atoms with E-state index in [0.717, 1.165) is 16.9 Å². The fourth-order valence-electron chi connectivity index (χ4n) is 2.29. The number of likely N-dealkylation sites (N-methyl/N-ethyl adjacent to an activating group) is 1. The zero-order valence-corrected chi connectivity index (χ0v) is 13.6. The van der Waals surface area contributed by atoms with Gasteiger partial charge in [0.1, 0.15) is 11.6 Å². The minimum absolute atomic E-state index is 0.171. The van der Waals surface area contributed by atoms with Crippen LogP contribution in [0.1, 0.15) is 11.1 Å². The molecule has 0 spiro atoms. The Balaban J connectivity index is 1.91. The van der Waals surface area contributed by atoms with Crippen LogP contribution in [0.4, 0.5) is 10.1 Å². The Morgan fingerprint density at radius 2 is 2.04 bits per heavy atom. The van der Waals surface area contributed by atoms with Crippen molar-refractivity contribution in [2.75, 3.05) is 26.0 Å². The lowest BCUT2D eigenvalue weighted by atomic mass is 10.2. The SMILES string of the molecule is COc1cccc(CN(C)CC(=O)Nc2ccc(C)cc2F)c1. The Morgan fingerprint density at radius 3 is 2.74 bits per heavy atom. The van der Waals surface area contributed by atoms with Gasteiger partial charge >= 0.3 is 0 Å². The van der Waals surface area contributed by atoms with Crippen molar-refractivity contribution in [1.29, 1.82) is 0 Å². The average Bonchev–Trinajstić information content (AvgIpc) is 2.50. The molecule has 0 unspecified atom stereocenters. The van der Waals surface area contributed by atoms with E-state index in [1.807, 2.05) is 36.2 Å². The van der Waals surface area contributed by atoms with Crippen LogP contribution in [-0.2, 0) is 11.3 Å². The Hall–Kier alpha value is -2.40. The van der Waals surface area contributed by atoms with E-state index >= 15 is 0 Å². The van der Waals surface area contributed by atoms with E-state index in [-0.39, 0.29) is 18.1 Å². The zero-order valence-electron chi connectivity index (χ0n) is 13.6. The van der Waals surface area contributed by atoms with Crippen molar-refractivity contribution >= 4 is 11.6 Å². The number of carbonyl (C=O) groups excluding carboxylic acids is 1. The summed E-state index contributed by atoms with van der Waals surface area (Å²) in [6.45, 7) is 2.57. The molecule has 0 aliphatic rings. The number of halogens is 1. The number of benzene rings is 2. The molecule has 2 aromatic carbocycles. The smallest absolute Gasteiger partial charge is 0.238 e. The molecular formula is C18H21FN2O2. The molecule has 2 aromatic rings. The van der Waals surface area contributed by atoms with Crippen molar-refractivity contribution < 1.29 is 13.9 Å². The van der Waals surface area contributed by atoms with Gasteiger partial charge < -0.3 is 10.1 Å². The fourth-order valence-corrected chi connectivity index (χ4v) is 2.29. The number of carbonyl (C=O) groups is 1. The number of hydrogen-bond donors (Lipinski definition) is 1. The molecule has 0 radical (unpaired) electrons. The molecule has 122 valence electrons. The van der Waals surface area contributed by atoms with Crippen LogP contribution in [0.15, 0.2) is 42.5 Å². The second-order valence-electron chi connectivity index (χ2n) is 5.56. The highest BCUT2D eigenvalue weighted by Gasteiger charge is 2.10. The summed E-state index contributed by atoms with van der Waals surface area (Å²) in [4.78, 5) is 13.9. The van der Waals surface area contributed by atoms with Crippen molar-refractivity contribution in [2.45, 2.75) is 13.5 Å². The van der Waals surface area contributed by atoms with Crippen LogP contribution in [0, 0.1) is 12.7 Å². The molecule has 4 nitrogen and oxygen atoms in total. The van der Waals surface area contributed by atoms with Gasteiger partial charge in [0.25, 0.3) is 0 Å². The maximum absolute atomic E-state index is 13.7. The molecular weight excluding hydrogens is 295 g/mol. The van der Waals surface area contributed by atoms with Gasteiger partial charge in [0.05, 0.1) is 19.3 Å². The van der Waals surface area contributed by atoms with Gasteiger partial charge in [-0.15, -0.1) is 0 Å². The summed E-state index contributed by atoms with van der Waals surface area (Å²) in [7, 11) is 3.46. The van der Waals surface area contributed by atoms with Crippen LogP contribution < -0.4 is 10.1 Å². The second kappa shape index (κ2) is 7.74. The van der Waals surface area contributed by atoms with E-state index in [4.69, 9.17) is 4.74 Å². The molecule has 0 aliphatic heterocycles. The van der Waals surface area contributed by atoms with Crippen LogP contribution in [0.2, 0.25) is 0 Å². The van der Waals surface area contributed by atoms with Gasteiger partial charge in [0.2, 0.25) is 5.91 Å². The number of hydrogen-bond acceptors (Lipinski definition) is 3. The van der Waals surface area contributed by atoms with Crippen molar-refractivity contribution in [3.05, 3.63) is 59.4 Å². The molecule has 5 heteroatoms. The van der Waals surface area contributed by atoms with Crippen molar-refractivity contribution in [1.82, 2.24) is 4.90 Å². The fraction of sp³-hybridized carbons (Fsp3) is 0.278. The third-order valence-electron chi connectivity index (χ3n) is 3.40. The quantitative estimate of drug-likeness (QED) is 0.890. The number of rotatable bonds is 6. The third-order valence-corrected chi connectivity index (χ3v) is 3.40. The molecule has 1 N–H and O–H groups in total. The number of methoxy groups -OCH3 is 1. The van der Waals surface area contributed by atoms with E-state index in [1.165, 1.54) is 6.07 Å². The molecule has 0 heterocycles. The standard InChI is InChI=1S/C18H21FN2O2/c1-13-7-8-17(16(19)9-13)20-18(22)12-21(2)11-14-5-4-6-15(10-14)23-3/h4-10H,11-12H2,1-3H3,(H,20,22). The molecule has 0 bridgehead atoms. The van der Waals surface area contributed by atoms with Gasteiger partial charge in [0.15, 0.2) is 0 Å². The molecule has 0 atom stereocenters. The highest BCUT2D eigenvalue weighted by atomic mass is 19.1. The summed E-state index contributed by atoms with van der Waals surface area (Å²) in [5.74, 6) is 0.106. The summed E-state index contributed by atoms with van der Waals surface area (Å²) in [5, 5.41) is 2.60. The lowest BCUT2D eigenvalue weighted by molar-refractivity contribution is -0.117. The maximum Gasteiger partial charge on any atom is 0.238 e. The normalized spacial score (nSPS) is 10.7. The molecule has 23 heavy (non-hydrogen) atoms. The molecule has 0 saturated carbocycles. The number of aryl methyl sites for hydroxylation is 1. The topological polar surface area (TPSA) is 41.6 Å². The summed E-state index contributed by atoms with van der Waals surface area (Å²) < 4.78 is 18.9. The summed E-state index contributed by atoms with van der Waals surface area (Å²) in [6, 6.07) is 12.4. The van der Waals surface area contributed by atoms with Gasteiger partial charge in [0, 0.05) is 6.54 Å². The number of amides is 1. The molecule has 0 fully saturated rings. The monoisotopic (exact) mass is 316 g/mol. The number of ether oxygens (including phenoxy) is 1. The minimum Gasteiger partial charge on any atom is -0.497 e. The lowest BCUT2D eigenvalue weighted by Gasteiger charge is -2.17. The van der Waals surface area contributed by atoms with E-state index in [2.05, 4.69) is 5.32 Å². The van der Waals surface area contributed by atoms with Gasteiger partial charge in [-0.1, -0.05) is 18.2 Å². The second-order valence-corrected chi connectivity index (χ2v) is 5.56. The Kier molecular flexibility index (Phi) is 5.71. The molecule has 2 rings (SSSR count). The Bertz CT molecular complexity index is 688. The highest BCUT2D eigenvalue weighted by Crippen LogP contribution is 2.16. The zero-order chi connectivity index (χ0) is 16.8. The van der Waals surface area contributed by atoms with Crippen LogP contribution in [-0.4, -0.2) is 31.5 Å². The first-order valence-electron chi connectivity index (χ1n) is 7.35. The highest BCUT2D eigenvalue weighted by molar-refractivity contribution is 5.92. The average molecular weight is 316 g/mol. The first-order chi connectivity index (χ1) is 11.0. The third kappa shape index (κ3) is 5.07. The van der Waals surface area contributed by atoms with Crippen LogP contribution in [0.25, 0.3) is 0 Å². The van der Waals surface area contributed by atoms with Crippen LogP contribution >= 0.6 is 0 Å².